The largest absolute Gasteiger partial charge is 0.355 e. The molecule has 27 heavy (non-hydrogen) atoms. The van der Waals surface area contributed by atoms with Crippen LogP contribution in [0.1, 0.15) is 37.6 Å². The molecule has 0 saturated carbocycles. The molecule has 0 aliphatic carbocycles. The van der Waals surface area contributed by atoms with Gasteiger partial charge in [0.1, 0.15) is 16.5 Å². The Hall–Kier alpha value is -2.48. The van der Waals surface area contributed by atoms with Gasteiger partial charge in [0.25, 0.3) is 10.0 Å². The minimum Gasteiger partial charge on any atom is -0.355 e. The summed E-state index contributed by atoms with van der Waals surface area (Å²) in [5, 5.41) is 0. The molecule has 0 unspecified atom stereocenters. The molecule has 0 radical (unpaired) electrons. The van der Waals surface area contributed by atoms with E-state index in [1.807, 2.05) is 24.4 Å². The van der Waals surface area contributed by atoms with E-state index >= 15 is 0 Å². The molecule has 7 nitrogen and oxygen atoms in total. The van der Waals surface area contributed by atoms with E-state index in [9.17, 15) is 8.42 Å². The van der Waals surface area contributed by atoms with Crippen LogP contribution in [0.25, 0.3) is 0 Å². The highest BCUT2D eigenvalue weighted by atomic mass is 32.2. The molecule has 4 rings (SSSR count). The van der Waals surface area contributed by atoms with Gasteiger partial charge in [-0.05, 0) is 24.6 Å². The van der Waals surface area contributed by atoms with E-state index in [2.05, 4.69) is 38.0 Å². The maximum atomic E-state index is 12.3. The van der Waals surface area contributed by atoms with Crippen molar-refractivity contribution in [2.45, 2.75) is 31.1 Å². The van der Waals surface area contributed by atoms with Gasteiger partial charge in [-0.2, -0.15) is 8.42 Å². The quantitative estimate of drug-likeness (QED) is 0.789. The number of fused-ring (bicyclic) bond motifs is 1. The van der Waals surface area contributed by atoms with Crippen LogP contribution in [0.4, 0.5) is 5.82 Å². The van der Waals surface area contributed by atoms with Crippen LogP contribution in [0, 0.1) is 0 Å². The van der Waals surface area contributed by atoms with Crippen molar-refractivity contribution in [2.75, 3.05) is 31.1 Å². The summed E-state index contributed by atoms with van der Waals surface area (Å²) in [7, 11) is -3.58. The monoisotopic (exact) mass is 385 g/mol. The molecule has 3 heterocycles. The van der Waals surface area contributed by atoms with Gasteiger partial charge in [-0.3, -0.25) is 0 Å². The van der Waals surface area contributed by atoms with E-state index in [0.717, 1.165) is 37.7 Å². The van der Waals surface area contributed by atoms with Gasteiger partial charge in [0.05, 0.1) is 0 Å². The van der Waals surface area contributed by atoms with Gasteiger partial charge in [-0.25, -0.2) is 9.97 Å². The molecule has 2 aromatic rings. The highest BCUT2D eigenvalue weighted by Crippen LogP contribution is 2.28. The molecule has 2 aliphatic rings. The van der Waals surface area contributed by atoms with Crippen LogP contribution >= 0.6 is 0 Å². The minimum atomic E-state index is -3.58. The second kappa shape index (κ2) is 6.92. The molecular formula is C19H23N5O2S. The summed E-state index contributed by atoms with van der Waals surface area (Å²) in [4.78, 5) is 13.7. The second-order valence-electron chi connectivity index (χ2n) is 7.14. The fourth-order valence-electron chi connectivity index (χ4n) is 3.49. The van der Waals surface area contributed by atoms with Gasteiger partial charge in [-0.1, -0.05) is 26.0 Å². The lowest BCUT2D eigenvalue weighted by molar-refractivity contribution is 0.449. The zero-order valence-corrected chi connectivity index (χ0v) is 16.4. The average Bonchev–Trinajstić information content (AvgIpc) is 2.82. The first-order valence-corrected chi connectivity index (χ1v) is 10.7. The van der Waals surface area contributed by atoms with Gasteiger partial charge < -0.3 is 9.80 Å². The first-order valence-electron chi connectivity index (χ1n) is 9.23. The van der Waals surface area contributed by atoms with Crippen LogP contribution in [-0.2, 0) is 10.0 Å². The molecule has 8 heteroatoms. The molecule has 142 valence electrons. The summed E-state index contributed by atoms with van der Waals surface area (Å²) in [6.45, 7) is 7.26. The number of nitrogens with zero attached hydrogens (tertiary/aromatic N) is 5. The fraction of sp³-hybridized carbons (Fsp3) is 0.421. The SMILES string of the molecule is CC(C)c1nccc(N2CCCN(C3=NS(=O)(=O)c4ccccc43)CC2)n1. The molecule has 0 amide bonds. The Morgan fingerprint density at radius 2 is 1.74 bits per heavy atom. The van der Waals surface area contributed by atoms with Crippen LogP contribution in [0.5, 0.6) is 0 Å². The predicted octanol–water partition coefficient (Wildman–Crippen LogP) is 2.26. The number of sulfonamides is 1. The molecule has 0 atom stereocenters. The van der Waals surface area contributed by atoms with E-state index in [-0.39, 0.29) is 5.92 Å². The summed E-state index contributed by atoms with van der Waals surface area (Å²) >= 11 is 0. The van der Waals surface area contributed by atoms with Crippen LogP contribution in [0.2, 0.25) is 0 Å². The van der Waals surface area contributed by atoms with Crippen LogP contribution in [0.3, 0.4) is 0 Å². The molecule has 1 aromatic carbocycles. The number of hydrogen-bond acceptors (Lipinski definition) is 6. The normalized spacial score (nSPS) is 19.0. The standard InChI is InChI=1S/C19H23N5O2S/c1-14(2)18-20-9-8-17(21-18)23-10-5-11-24(13-12-23)19-15-6-3-4-7-16(15)27(25,26)22-19/h3-4,6-9,14H,5,10-13H2,1-2H3. The Labute approximate surface area is 159 Å². The number of amidine groups is 1. The highest BCUT2D eigenvalue weighted by Gasteiger charge is 2.32. The topological polar surface area (TPSA) is 78.8 Å². The van der Waals surface area contributed by atoms with Crippen molar-refractivity contribution in [2.24, 2.45) is 4.40 Å². The van der Waals surface area contributed by atoms with Crippen molar-refractivity contribution in [3.05, 3.63) is 47.9 Å². The fourth-order valence-corrected chi connectivity index (χ4v) is 4.72. The van der Waals surface area contributed by atoms with Gasteiger partial charge in [0.15, 0.2) is 5.84 Å². The van der Waals surface area contributed by atoms with Crippen molar-refractivity contribution in [1.29, 1.82) is 0 Å². The lowest BCUT2D eigenvalue weighted by atomic mass is 10.2. The number of rotatable bonds is 2. The van der Waals surface area contributed by atoms with E-state index in [0.29, 0.717) is 22.8 Å². The predicted molar refractivity (Wildman–Crippen MR) is 105 cm³/mol. The number of hydrogen-bond donors (Lipinski definition) is 0. The molecule has 1 saturated heterocycles. The van der Waals surface area contributed by atoms with Gasteiger partial charge >= 0.3 is 0 Å². The maximum Gasteiger partial charge on any atom is 0.285 e. The van der Waals surface area contributed by atoms with Gasteiger partial charge in [-0.15, -0.1) is 4.40 Å². The second-order valence-corrected chi connectivity index (χ2v) is 8.71. The van der Waals surface area contributed by atoms with E-state index in [1.165, 1.54) is 0 Å². The summed E-state index contributed by atoms with van der Waals surface area (Å²) < 4.78 is 28.7. The Morgan fingerprint density at radius 3 is 2.56 bits per heavy atom. The van der Waals surface area contributed by atoms with E-state index in [4.69, 9.17) is 0 Å². The van der Waals surface area contributed by atoms with Crippen LogP contribution in [-0.4, -0.2) is 55.3 Å². The summed E-state index contributed by atoms with van der Waals surface area (Å²) in [6.07, 6.45) is 2.71. The zero-order chi connectivity index (χ0) is 19.0. The molecule has 1 fully saturated rings. The molecule has 0 bridgehead atoms. The average molecular weight is 385 g/mol. The highest BCUT2D eigenvalue weighted by molar-refractivity contribution is 7.90. The Morgan fingerprint density at radius 1 is 1.00 bits per heavy atom. The molecular weight excluding hydrogens is 362 g/mol. The van der Waals surface area contributed by atoms with Crippen molar-refractivity contribution in [3.8, 4) is 0 Å². The Bertz CT molecular complexity index is 987. The zero-order valence-electron chi connectivity index (χ0n) is 15.5. The van der Waals surface area contributed by atoms with Crippen LogP contribution < -0.4 is 4.90 Å². The minimum absolute atomic E-state index is 0.281. The van der Waals surface area contributed by atoms with Gasteiger partial charge in [0.2, 0.25) is 0 Å². The summed E-state index contributed by atoms with van der Waals surface area (Å²) in [6, 6.07) is 8.99. The maximum absolute atomic E-state index is 12.3. The third-order valence-corrected chi connectivity index (χ3v) is 6.23. The van der Waals surface area contributed by atoms with Crippen molar-refractivity contribution >= 4 is 21.7 Å². The molecule has 0 N–H and O–H groups in total. The first-order chi connectivity index (χ1) is 13.0. The van der Waals surface area contributed by atoms with E-state index in [1.54, 1.807) is 12.1 Å². The van der Waals surface area contributed by atoms with Crippen LogP contribution in [0.15, 0.2) is 45.8 Å². The van der Waals surface area contributed by atoms with Crippen molar-refractivity contribution in [3.63, 3.8) is 0 Å². The van der Waals surface area contributed by atoms with Crippen molar-refractivity contribution in [1.82, 2.24) is 14.9 Å². The number of benzene rings is 1. The molecule has 1 aromatic heterocycles. The Kier molecular flexibility index (Phi) is 4.59. The Balaban J connectivity index is 1.56. The lowest BCUT2D eigenvalue weighted by Gasteiger charge is -2.24. The van der Waals surface area contributed by atoms with E-state index < -0.39 is 10.0 Å². The number of anilines is 1. The smallest absolute Gasteiger partial charge is 0.285 e. The molecule has 0 spiro atoms. The third kappa shape index (κ3) is 3.41. The summed E-state index contributed by atoms with van der Waals surface area (Å²) in [5.74, 6) is 2.62. The summed E-state index contributed by atoms with van der Waals surface area (Å²) in [5.41, 5.74) is 0.704. The van der Waals surface area contributed by atoms with Gasteiger partial charge in [0, 0.05) is 43.9 Å². The molecule has 2 aliphatic heterocycles. The van der Waals surface area contributed by atoms with Crippen molar-refractivity contribution < 1.29 is 8.42 Å². The first kappa shape index (κ1) is 17.9. The number of aromatic nitrogens is 2. The lowest BCUT2D eigenvalue weighted by Crippen LogP contribution is -2.35. The third-order valence-electron chi connectivity index (χ3n) is 4.91.